The van der Waals surface area contributed by atoms with Crippen LogP contribution in [0, 0.1) is 17.1 Å². The summed E-state index contributed by atoms with van der Waals surface area (Å²) in [5.74, 6) is 0.245. The van der Waals surface area contributed by atoms with Crippen molar-refractivity contribution in [2.75, 3.05) is 18.1 Å². The number of nitrogens with zero attached hydrogens (tertiary/aromatic N) is 4. The summed E-state index contributed by atoms with van der Waals surface area (Å²) >= 11 is 0. The van der Waals surface area contributed by atoms with E-state index in [9.17, 15) is 9.18 Å². The van der Waals surface area contributed by atoms with Crippen LogP contribution in [0.15, 0.2) is 48.5 Å². The molecule has 1 unspecified atom stereocenters. The Morgan fingerprint density at radius 1 is 1.19 bits per heavy atom. The highest BCUT2D eigenvalue weighted by atomic mass is 19.1. The summed E-state index contributed by atoms with van der Waals surface area (Å²) in [6.45, 7) is 2.35. The lowest BCUT2D eigenvalue weighted by Gasteiger charge is -2.29. The number of carbonyl (C=O) groups is 1. The highest BCUT2D eigenvalue weighted by molar-refractivity contribution is 5.92. The van der Waals surface area contributed by atoms with E-state index in [4.69, 9.17) is 10.00 Å². The van der Waals surface area contributed by atoms with Crippen molar-refractivity contribution in [2.24, 2.45) is 0 Å². The molecule has 7 nitrogen and oxygen atoms in total. The third-order valence-corrected chi connectivity index (χ3v) is 5.65. The van der Waals surface area contributed by atoms with Gasteiger partial charge in [0.05, 0.1) is 36.5 Å². The molecule has 156 valence electrons. The van der Waals surface area contributed by atoms with Gasteiger partial charge in [-0.05, 0) is 60.5 Å². The first-order chi connectivity index (χ1) is 15.1. The Kier molecular flexibility index (Phi) is 4.79. The second-order valence-corrected chi connectivity index (χ2v) is 7.76. The Balaban J connectivity index is 1.26. The lowest BCUT2D eigenvalue weighted by atomic mass is 10.0. The fourth-order valence-corrected chi connectivity index (χ4v) is 4.07. The van der Waals surface area contributed by atoms with E-state index in [0.29, 0.717) is 37.4 Å². The molecule has 8 heteroatoms. The van der Waals surface area contributed by atoms with Crippen molar-refractivity contribution < 1.29 is 13.9 Å². The van der Waals surface area contributed by atoms with Gasteiger partial charge in [-0.25, -0.2) is 4.39 Å². The Hall–Kier alpha value is -3.86. The first kappa shape index (κ1) is 19.1. The zero-order valence-corrected chi connectivity index (χ0v) is 16.7. The number of hydrogen-bond acceptors (Lipinski definition) is 5. The average Bonchev–Trinajstić information content (AvgIpc) is 3.23. The van der Waals surface area contributed by atoms with E-state index in [1.54, 1.807) is 36.4 Å². The maximum atomic E-state index is 13.2. The third-order valence-electron chi connectivity index (χ3n) is 5.65. The molecule has 0 saturated heterocycles. The van der Waals surface area contributed by atoms with Crippen LogP contribution >= 0.6 is 0 Å². The Morgan fingerprint density at radius 2 is 2.03 bits per heavy atom. The molecular formula is C23H20FN5O2. The fraction of sp³-hybridized carbons (Fsp3) is 0.261. The molecule has 1 N–H and O–H groups in total. The topological polar surface area (TPSA) is 83.2 Å². The van der Waals surface area contributed by atoms with Gasteiger partial charge in [-0.3, -0.25) is 9.48 Å². The summed E-state index contributed by atoms with van der Waals surface area (Å²) < 4.78 is 20.8. The standard InChI is InChI=1S/C23H20FN5O2/c24-17-2-4-19(5-3-17)28-7-8-29-20(13-28)11-21(27-29)23(30)26-18-10-16-9-15(12-25)1-6-22(16)31-14-18/h1-6,9,11,18H,7-8,10,13-14H2,(H,26,30). The van der Waals surface area contributed by atoms with Crippen LogP contribution < -0.4 is 15.0 Å². The number of carbonyl (C=O) groups excluding carboxylic acids is 1. The molecule has 0 radical (unpaired) electrons. The van der Waals surface area contributed by atoms with Gasteiger partial charge in [0.15, 0.2) is 5.69 Å². The number of benzene rings is 2. The number of halogens is 1. The van der Waals surface area contributed by atoms with Crippen molar-refractivity contribution in [2.45, 2.75) is 25.6 Å². The summed E-state index contributed by atoms with van der Waals surface area (Å²) in [6, 6.07) is 15.5. The molecule has 1 aromatic heterocycles. The zero-order valence-electron chi connectivity index (χ0n) is 16.7. The molecule has 3 heterocycles. The van der Waals surface area contributed by atoms with Crippen molar-refractivity contribution in [3.63, 3.8) is 0 Å². The number of aromatic nitrogens is 2. The lowest BCUT2D eigenvalue weighted by Crippen LogP contribution is -2.42. The quantitative estimate of drug-likeness (QED) is 0.709. The smallest absolute Gasteiger partial charge is 0.272 e. The van der Waals surface area contributed by atoms with Gasteiger partial charge in [-0.15, -0.1) is 0 Å². The molecule has 1 amide bonds. The van der Waals surface area contributed by atoms with Crippen molar-refractivity contribution in [3.05, 3.63) is 76.9 Å². The van der Waals surface area contributed by atoms with Crippen LogP contribution in [0.4, 0.5) is 10.1 Å². The first-order valence-corrected chi connectivity index (χ1v) is 10.1. The molecular weight excluding hydrogens is 397 g/mol. The van der Waals surface area contributed by atoms with Crippen LogP contribution in [0.5, 0.6) is 5.75 Å². The minimum absolute atomic E-state index is 0.191. The summed E-state index contributed by atoms with van der Waals surface area (Å²) in [7, 11) is 0. The van der Waals surface area contributed by atoms with Gasteiger partial charge in [0.25, 0.3) is 5.91 Å². The van der Waals surface area contributed by atoms with E-state index in [-0.39, 0.29) is 17.8 Å². The highest BCUT2D eigenvalue weighted by Crippen LogP contribution is 2.26. The van der Waals surface area contributed by atoms with Crippen LogP contribution in [0.2, 0.25) is 0 Å². The second-order valence-electron chi connectivity index (χ2n) is 7.76. The lowest BCUT2D eigenvalue weighted by molar-refractivity contribution is 0.0909. The highest BCUT2D eigenvalue weighted by Gasteiger charge is 2.25. The van der Waals surface area contributed by atoms with E-state index in [0.717, 1.165) is 29.2 Å². The molecule has 3 aromatic rings. The summed E-state index contributed by atoms with van der Waals surface area (Å²) in [5.41, 5.74) is 3.73. The van der Waals surface area contributed by atoms with Crippen LogP contribution in [-0.2, 0) is 19.5 Å². The minimum Gasteiger partial charge on any atom is -0.491 e. The maximum absolute atomic E-state index is 13.2. The number of nitriles is 1. The number of anilines is 1. The van der Waals surface area contributed by atoms with Gasteiger partial charge in [-0.1, -0.05) is 0 Å². The van der Waals surface area contributed by atoms with Crippen molar-refractivity contribution in [1.29, 1.82) is 5.26 Å². The van der Waals surface area contributed by atoms with Gasteiger partial charge in [0, 0.05) is 12.2 Å². The van der Waals surface area contributed by atoms with Crippen molar-refractivity contribution in [3.8, 4) is 11.8 Å². The number of ether oxygens (including phenoxy) is 1. The van der Waals surface area contributed by atoms with Gasteiger partial charge in [0.2, 0.25) is 0 Å². The van der Waals surface area contributed by atoms with Crippen LogP contribution in [0.25, 0.3) is 0 Å². The van der Waals surface area contributed by atoms with Gasteiger partial charge in [-0.2, -0.15) is 10.4 Å². The molecule has 0 spiro atoms. The predicted octanol–water partition coefficient (Wildman–Crippen LogP) is 2.65. The molecule has 31 heavy (non-hydrogen) atoms. The zero-order chi connectivity index (χ0) is 21.4. The first-order valence-electron chi connectivity index (χ1n) is 10.1. The van der Waals surface area contributed by atoms with Gasteiger partial charge in [0.1, 0.15) is 18.2 Å². The predicted molar refractivity (Wildman–Crippen MR) is 111 cm³/mol. The number of fused-ring (bicyclic) bond motifs is 2. The molecule has 0 fully saturated rings. The summed E-state index contributed by atoms with van der Waals surface area (Å²) in [5, 5.41) is 16.5. The van der Waals surface area contributed by atoms with Gasteiger partial charge < -0.3 is 15.0 Å². The van der Waals surface area contributed by atoms with E-state index < -0.39 is 0 Å². The SMILES string of the molecule is N#Cc1ccc2c(c1)CC(NC(=O)c1cc3n(n1)CCN(c1ccc(F)cc1)C3)CO2. The third kappa shape index (κ3) is 3.82. The van der Waals surface area contributed by atoms with Crippen LogP contribution in [-0.4, -0.2) is 34.9 Å². The van der Waals surface area contributed by atoms with Crippen LogP contribution in [0.3, 0.4) is 0 Å². The largest absolute Gasteiger partial charge is 0.491 e. The van der Waals surface area contributed by atoms with E-state index in [1.807, 2.05) is 4.68 Å². The molecule has 0 saturated carbocycles. The maximum Gasteiger partial charge on any atom is 0.272 e. The van der Waals surface area contributed by atoms with E-state index in [2.05, 4.69) is 21.4 Å². The fourth-order valence-electron chi connectivity index (χ4n) is 4.07. The Bertz CT molecular complexity index is 1180. The minimum atomic E-state index is -0.261. The number of hydrogen-bond donors (Lipinski definition) is 1. The molecule has 0 bridgehead atoms. The summed E-state index contributed by atoms with van der Waals surface area (Å²) in [4.78, 5) is 14.9. The van der Waals surface area contributed by atoms with Crippen LogP contribution in [0.1, 0.15) is 27.3 Å². The molecule has 2 aliphatic heterocycles. The number of rotatable bonds is 3. The summed E-state index contributed by atoms with van der Waals surface area (Å²) in [6.07, 6.45) is 0.600. The average molecular weight is 417 g/mol. The molecule has 0 aliphatic carbocycles. The van der Waals surface area contributed by atoms with Crippen molar-refractivity contribution in [1.82, 2.24) is 15.1 Å². The molecule has 2 aromatic carbocycles. The number of amides is 1. The van der Waals surface area contributed by atoms with E-state index in [1.165, 1.54) is 12.1 Å². The van der Waals surface area contributed by atoms with Gasteiger partial charge >= 0.3 is 0 Å². The van der Waals surface area contributed by atoms with Crippen molar-refractivity contribution >= 4 is 11.6 Å². The number of nitrogens with one attached hydrogen (secondary N) is 1. The van der Waals surface area contributed by atoms with E-state index >= 15 is 0 Å². The Morgan fingerprint density at radius 3 is 2.84 bits per heavy atom. The molecule has 5 rings (SSSR count). The monoisotopic (exact) mass is 417 g/mol. The molecule has 2 aliphatic rings. The second kappa shape index (κ2) is 7.76. The molecule has 1 atom stereocenters. The normalized spacial score (nSPS) is 17.2. The Labute approximate surface area is 178 Å².